The van der Waals surface area contributed by atoms with Crippen LogP contribution in [0.25, 0.3) is 11.5 Å². The predicted molar refractivity (Wildman–Crippen MR) is 97.0 cm³/mol. The SMILES string of the molecule is CCC(C)(C)NC(=O)C(C)Sc1nnc(-c2cc(C)cc(C)c2)o1. The third-order valence-corrected chi connectivity index (χ3v) is 4.80. The van der Waals surface area contributed by atoms with Gasteiger partial charge in [0.2, 0.25) is 11.8 Å². The highest BCUT2D eigenvalue weighted by atomic mass is 32.2. The summed E-state index contributed by atoms with van der Waals surface area (Å²) in [5.74, 6) is 0.448. The molecule has 0 aliphatic rings. The van der Waals surface area contributed by atoms with Gasteiger partial charge in [-0.05, 0) is 53.2 Å². The van der Waals surface area contributed by atoms with Crippen molar-refractivity contribution >= 4 is 17.7 Å². The lowest BCUT2D eigenvalue weighted by molar-refractivity contribution is -0.121. The number of benzene rings is 1. The maximum Gasteiger partial charge on any atom is 0.277 e. The highest BCUT2D eigenvalue weighted by Gasteiger charge is 2.24. The van der Waals surface area contributed by atoms with E-state index >= 15 is 0 Å². The molecule has 0 saturated heterocycles. The topological polar surface area (TPSA) is 68.0 Å². The molecule has 1 aromatic heterocycles. The fourth-order valence-corrected chi connectivity index (χ4v) is 2.88. The van der Waals surface area contributed by atoms with Crippen LogP contribution in [0, 0.1) is 13.8 Å². The Morgan fingerprint density at radius 1 is 1.25 bits per heavy atom. The molecule has 1 unspecified atom stereocenters. The molecule has 0 aliphatic carbocycles. The van der Waals surface area contributed by atoms with Crippen LogP contribution in [-0.4, -0.2) is 26.9 Å². The number of hydrogen-bond acceptors (Lipinski definition) is 5. The van der Waals surface area contributed by atoms with E-state index < -0.39 is 0 Å². The lowest BCUT2D eigenvalue weighted by Gasteiger charge is -2.25. The van der Waals surface area contributed by atoms with Crippen molar-refractivity contribution in [3.8, 4) is 11.5 Å². The molecular formula is C18H25N3O2S. The smallest absolute Gasteiger partial charge is 0.277 e. The average molecular weight is 347 g/mol. The number of carbonyl (C=O) groups is 1. The van der Waals surface area contributed by atoms with E-state index in [2.05, 4.69) is 21.6 Å². The molecule has 24 heavy (non-hydrogen) atoms. The second-order valence-corrected chi connectivity index (χ2v) is 8.03. The molecule has 2 rings (SSSR count). The summed E-state index contributed by atoms with van der Waals surface area (Å²) in [5.41, 5.74) is 2.97. The molecular weight excluding hydrogens is 322 g/mol. The summed E-state index contributed by atoms with van der Waals surface area (Å²) in [6.07, 6.45) is 0.869. The molecule has 1 amide bonds. The molecule has 0 radical (unpaired) electrons. The van der Waals surface area contributed by atoms with Crippen molar-refractivity contribution in [2.24, 2.45) is 0 Å². The zero-order chi connectivity index (χ0) is 17.9. The van der Waals surface area contributed by atoms with E-state index in [1.165, 1.54) is 11.8 Å². The first-order valence-electron chi connectivity index (χ1n) is 8.11. The van der Waals surface area contributed by atoms with Gasteiger partial charge in [-0.1, -0.05) is 35.9 Å². The van der Waals surface area contributed by atoms with Crippen molar-refractivity contribution in [1.29, 1.82) is 0 Å². The lowest BCUT2D eigenvalue weighted by Crippen LogP contribution is -2.46. The number of carbonyl (C=O) groups excluding carboxylic acids is 1. The van der Waals surface area contributed by atoms with Gasteiger partial charge < -0.3 is 9.73 Å². The zero-order valence-electron chi connectivity index (χ0n) is 15.1. The van der Waals surface area contributed by atoms with Crippen LogP contribution in [0.1, 0.15) is 45.2 Å². The first kappa shape index (κ1) is 18.5. The van der Waals surface area contributed by atoms with Crippen LogP contribution in [-0.2, 0) is 4.79 Å². The fraction of sp³-hybridized carbons (Fsp3) is 0.500. The Balaban J connectivity index is 2.07. The van der Waals surface area contributed by atoms with E-state index in [0.29, 0.717) is 11.1 Å². The highest BCUT2D eigenvalue weighted by molar-refractivity contribution is 8.00. The van der Waals surface area contributed by atoms with Gasteiger partial charge in [-0.15, -0.1) is 10.2 Å². The first-order valence-corrected chi connectivity index (χ1v) is 8.99. The van der Waals surface area contributed by atoms with Crippen molar-refractivity contribution in [2.75, 3.05) is 0 Å². The second kappa shape index (κ2) is 7.38. The van der Waals surface area contributed by atoms with Crippen molar-refractivity contribution in [3.63, 3.8) is 0 Å². The van der Waals surface area contributed by atoms with Crippen LogP contribution >= 0.6 is 11.8 Å². The number of aryl methyl sites for hydroxylation is 2. The molecule has 0 bridgehead atoms. The van der Waals surface area contributed by atoms with E-state index in [1.807, 2.05) is 53.7 Å². The second-order valence-electron chi connectivity index (χ2n) is 6.74. The summed E-state index contributed by atoms with van der Waals surface area (Å²) in [6.45, 7) is 12.0. The van der Waals surface area contributed by atoms with E-state index in [4.69, 9.17) is 4.42 Å². The third-order valence-electron chi connectivity index (χ3n) is 3.87. The van der Waals surface area contributed by atoms with Gasteiger partial charge in [0.15, 0.2) is 0 Å². The lowest BCUT2D eigenvalue weighted by atomic mass is 10.0. The molecule has 0 aliphatic heterocycles. The van der Waals surface area contributed by atoms with Crippen LogP contribution in [0.4, 0.5) is 0 Å². The molecule has 1 aromatic carbocycles. The van der Waals surface area contributed by atoms with Gasteiger partial charge in [-0.2, -0.15) is 0 Å². The van der Waals surface area contributed by atoms with Gasteiger partial charge >= 0.3 is 0 Å². The predicted octanol–water partition coefficient (Wildman–Crippen LogP) is 4.14. The molecule has 1 N–H and O–H groups in total. The van der Waals surface area contributed by atoms with Gasteiger partial charge in [0.1, 0.15) is 0 Å². The molecule has 0 fully saturated rings. The Hall–Kier alpha value is -1.82. The molecule has 1 atom stereocenters. The maximum atomic E-state index is 12.3. The summed E-state index contributed by atoms with van der Waals surface area (Å²) in [6, 6.07) is 6.11. The van der Waals surface area contributed by atoms with Crippen LogP contribution in [0.15, 0.2) is 27.8 Å². The van der Waals surface area contributed by atoms with Crippen LogP contribution in [0.2, 0.25) is 0 Å². The van der Waals surface area contributed by atoms with Gasteiger partial charge in [0.25, 0.3) is 5.22 Å². The normalized spacial score (nSPS) is 12.9. The largest absolute Gasteiger partial charge is 0.411 e. The number of aromatic nitrogens is 2. The van der Waals surface area contributed by atoms with E-state index in [-0.39, 0.29) is 16.7 Å². The summed E-state index contributed by atoms with van der Waals surface area (Å²) in [7, 11) is 0. The number of thioether (sulfide) groups is 1. The average Bonchev–Trinajstić information content (AvgIpc) is 2.94. The van der Waals surface area contributed by atoms with Crippen LogP contribution in [0.5, 0.6) is 0 Å². The summed E-state index contributed by atoms with van der Waals surface area (Å²) >= 11 is 1.27. The molecule has 0 spiro atoms. The van der Waals surface area contributed by atoms with Gasteiger partial charge in [-0.25, -0.2) is 0 Å². The molecule has 1 heterocycles. The van der Waals surface area contributed by atoms with E-state index in [0.717, 1.165) is 23.1 Å². The molecule has 5 nitrogen and oxygen atoms in total. The summed E-state index contributed by atoms with van der Waals surface area (Å²) in [5, 5.41) is 11.3. The third kappa shape index (κ3) is 4.84. The fourth-order valence-electron chi connectivity index (χ4n) is 2.20. The summed E-state index contributed by atoms with van der Waals surface area (Å²) < 4.78 is 5.72. The van der Waals surface area contributed by atoms with Gasteiger partial charge in [0.05, 0.1) is 5.25 Å². The molecule has 6 heteroatoms. The monoisotopic (exact) mass is 347 g/mol. The Bertz CT molecular complexity index is 705. The Morgan fingerprint density at radius 3 is 2.46 bits per heavy atom. The summed E-state index contributed by atoms with van der Waals surface area (Å²) in [4.78, 5) is 12.3. The quantitative estimate of drug-likeness (QED) is 0.796. The Kier molecular flexibility index (Phi) is 5.70. The Morgan fingerprint density at radius 2 is 1.88 bits per heavy atom. The highest BCUT2D eigenvalue weighted by Crippen LogP contribution is 2.27. The van der Waals surface area contributed by atoms with Crippen LogP contribution < -0.4 is 5.32 Å². The van der Waals surface area contributed by atoms with E-state index in [9.17, 15) is 4.79 Å². The first-order chi connectivity index (χ1) is 11.2. The molecule has 0 saturated carbocycles. The van der Waals surface area contributed by atoms with Crippen molar-refractivity contribution in [3.05, 3.63) is 29.3 Å². The number of amides is 1. The minimum atomic E-state index is -0.302. The molecule has 130 valence electrons. The number of rotatable bonds is 6. The van der Waals surface area contributed by atoms with Crippen molar-refractivity contribution in [1.82, 2.24) is 15.5 Å². The minimum Gasteiger partial charge on any atom is -0.411 e. The van der Waals surface area contributed by atoms with E-state index in [1.54, 1.807) is 0 Å². The maximum absolute atomic E-state index is 12.3. The number of nitrogens with zero attached hydrogens (tertiary/aromatic N) is 2. The van der Waals surface area contributed by atoms with Crippen molar-refractivity contribution < 1.29 is 9.21 Å². The zero-order valence-corrected chi connectivity index (χ0v) is 16.0. The van der Waals surface area contributed by atoms with Crippen LogP contribution in [0.3, 0.4) is 0 Å². The van der Waals surface area contributed by atoms with Crippen molar-refractivity contribution in [2.45, 2.75) is 64.0 Å². The number of nitrogens with one attached hydrogen (secondary N) is 1. The minimum absolute atomic E-state index is 0.0296. The number of hydrogen-bond donors (Lipinski definition) is 1. The van der Waals surface area contributed by atoms with Gasteiger partial charge in [0, 0.05) is 11.1 Å². The standard InChI is InChI=1S/C18H25N3O2S/c1-7-18(5,6)19-15(22)13(4)24-17-21-20-16(23-17)14-9-11(2)8-12(3)10-14/h8-10,13H,7H2,1-6H3,(H,19,22). The Labute approximate surface area is 147 Å². The van der Waals surface area contributed by atoms with Gasteiger partial charge in [-0.3, -0.25) is 4.79 Å². The molecule has 2 aromatic rings.